The van der Waals surface area contributed by atoms with Crippen LogP contribution >= 0.6 is 11.3 Å². The number of nitrogens with one attached hydrogen (secondary N) is 2. The molecule has 2 atom stereocenters. The number of benzene rings is 2. The van der Waals surface area contributed by atoms with Gasteiger partial charge in [-0.15, -0.1) is 11.3 Å². The first-order chi connectivity index (χ1) is 21.0. The highest BCUT2D eigenvalue weighted by Crippen LogP contribution is 2.40. The van der Waals surface area contributed by atoms with Gasteiger partial charge in [-0.2, -0.15) is 22.0 Å². The summed E-state index contributed by atoms with van der Waals surface area (Å²) in [5.41, 5.74) is 0.540. The van der Waals surface area contributed by atoms with Gasteiger partial charge in [0.15, 0.2) is 5.75 Å². The lowest BCUT2D eigenvalue weighted by atomic mass is 10.0. The van der Waals surface area contributed by atoms with E-state index in [1.807, 2.05) is 11.9 Å². The van der Waals surface area contributed by atoms with Crippen molar-refractivity contribution in [2.24, 2.45) is 0 Å². The van der Waals surface area contributed by atoms with Crippen molar-refractivity contribution >= 4 is 38.5 Å². The van der Waals surface area contributed by atoms with Gasteiger partial charge in [0.05, 0.1) is 58.9 Å². The molecule has 0 spiro atoms. The summed E-state index contributed by atoms with van der Waals surface area (Å²) in [6.07, 6.45) is -6.33. The Kier molecular flexibility index (Phi) is 9.97. The Morgan fingerprint density at radius 1 is 1.14 bits per heavy atom. The molecule has 2 N–H and O–H groups in total. The molecule has 2 aliphatic heterocycles. The number of alkyl halides is 6. The third-order valence-corrected chi connectivity index (χ3v) is 8.66. The first kappa shape index (κ1) is 32.0. The van der Waals surface area contributed by atoms with Gasteiger partial charge in [-0.3, -0.25) is 0 Å². The van der Waals surface area contributed by atoms with E-state index >= 15 is 0 Å². The van der Waals surface area contributed by atoms with Crippen LogP contribution in [-0.2, 0) is 11.2 Å². The molecule has 2 unspecified atom stereocenters. The summed E-state index contributed by atoms with van der Waals surface area (Å²) in [4.78, 5) is 3.72. The minimum absolute atomic E-state index is 0.00328. The quantitative estimate of drug-likeness (QED) is 0.216. The molecule has 0 saturated carbocycles. The predicted molar refractivity (Wildman–Crippen MR) is 157 cm³/mol. The molecule has 0 amide bonds. The molecule has 0 aliphatic carbocycles. The summed E-state index contributed by atoms with van der Waals surface area (Å²) in [5.74, 6) is 4.55. The maximum Gasteiger partial charge on any atom is 0.393 e. The molecule has 0 radical (unpaired) electrons. The van der Waals surface area contributed by atoms with Gasteiger partial charge in [0, 0.05) is 38.3 Å². The lowest BCUT2D eigenvalue weighted by molar-refractivity contribution is -0.126. The van der Waals surface area contributed by atoms with Gasteiger partial charge in [0.1, 0.15) is 12.0 Å². The smallest absolute Gasteiger partial charge is 0.393 e. The molecule has 0 bridgehead atoms. The van der Waals surface area contributed by atoms with Gasteiger partial charge in [0.25, 0.3) is 0 Å². The Balaban J connectivity index is 1.40. The Morgan fingerprint density at radius 3 is 2.61 bits per heavy atom. The first-order valence-corrected chi connectivity index (χ1v) is 14.8. The molecule has 14 heteroatoms. The van der Waals surface area contributed by atoms with Crippen molar-refractivity contribution in [1.29, 1.82) is 0 Å². The molecule has 1 aromatic heterocycles. The second-order valence-corrected chi connectivity index (χ2v) is 11.7. The average Bonchev–Trinajstić information content (AvgIpc) is 3.30. The molecule has 2 fully saturated rings. The number of ether oxygens (including phenoxy) is 2. The maximum absolute atomic E-state index is 15.0. The number of anilines is 3. The SMILES string of the molecule is CN1CCC(Nc2cccc3c(CC(F)(F)F)c(C#CCNc4cc(F)c(N5CCOCC5)cc4OC(F)F)sc23)C(F)C1. The third kappa shape index (κ3) is 7.80. The van der Waals surface area contributed by atoms with Gasteiger partial charge < -0.3 is 29.9 Å². The molecule has 2 saturated heterocycles. The standard InChI is InChI=1S/C30H31F7N4O2S/c1-40-9-7-22(21(32)17-40)39-23-5-2-4-18-19(16-30(35,36)37)27(44-28(18)23)6-3-8-38-24-14-20(31)25(15-26(24)43-29(33)34)41-10-12-42-13-11-41/h2,4-5,14-15,21-22,29,38-39H,7-13,16-17H2,1H3. The highest BCUT2D eigenvalue weighted by atomic mass is 32.1. The number of hydrogen-bond donors (Lipinski definition) is 2. The summed E-state index contributed by atoms with van der Waals surface area (Å²) >= 11 is 1.06. The molecule has 6 nitrogen and oxygen atoms in total. The second kappa shape index (κ2) is 13.7. The summed E-state index contributed by atoms with van der Waals surface area (Å²) in [5, 5.41) is 6.30. The number of likely N-dealkylation sites (tertiary alicyclic amines) is 1. The van der Waals surface area contributed by atoms with Gasteiger partial charge in [-0.05, 0) is 30.5 Å². The number of halogens is 7. The fourth-order valence-corrected chi connectivity index (χ4v) is 6.54. The van der Waals surface area contributed by atoms with E-state index in [1.54, 1.807) is 23.1 Å². The lowest BCUT2D eigenvalue weighted by Crippen LogP contribution is -2.46. The summed E-state index contributed by atoms with van der Waals surface area (Å²) in [6, 6.07) is 6.63. The number of morpholine rings is 1. The number of rotatable bonds is 8. The van der Waals surface area contributed by atoms with E-state index in [0.29, 0.717) is 55.0 Å². The molecule has 44 heavy (non-hydrogen) atoms. The Hall–Kier alpha value is -3.41. The molecule has 2 aromatic carbocycles. The highest BCUT2D eigenvalue weighted by Gasteiger charge is 2.32. The fourth-order valence-electron chi connectivity index (χ4n) is 5.36. The highest BCUT2D eigenvalue weighted by molar-refractivity contribution is 7.20. The molecule has 2 aliphatic rings. The predicted octanol–water partition coefficient (Wildman–Crippen LogP) is 6.50. The maximum atomic E-state index is 15.0. The number of thiophene rings is 1. The molecular formula is C30H31F7N4O2S. The lowest BCUT2D eigenvalue weighted by Gasteiger charge is -2.33. The van der Waals surface area contributed by atoms with Crippen LogP contribution in [0.4, 0.5) is 47.8 Å². The van der Waals surface area contributed by atoms with E-state index in [0.717, 1.165) is 17.4 Å². The first-order valence-electron chi connectivity index (χ1n) is 14.0. The van der Waals surface area contributed by atoms with E-state index in [1.165, 1.54) is 6.07 Å². The van der Waals surface area contributed by atoms with Crippen LogP contribution < -0.4 is 20.3 Å². The Morgan fingerprint density at radius 2 is 1.91 bits per heavy atom. The van der Waals surface area contributed by atoms with E-state index < -0.39 is 37.2 Å². The van der Waals surface area contributed by atoms with Crippen molar-refractivity contribution in [3.8, 4) is 17.6 Å². The van der Waals surface area contributed by atoms with E-state index in [2.05, 4.69) is 27.2 Å². The number of hydrogen-bond acceptors (Lipinski definition) is 7. The van der Waals surface area contributed by atoms with Gasteiger partial charge in [0.2, 0.25) is 0 Å². The van der Waals surface area contributed by atoms with Crippen molar-refractivity contribution in [3.63, 3.8) is 0 Å². The molecule has 5 rings (SSSR count). The minimum atomic E-state index is -4.51. The topological polar surface area (TPSA) is 49.0 Å². The van der Waals surface area contributed by atoms with E-state index in [4.69, 9.17) is 4.74 Å². The van der Waals surface area contributed by atoms with E-state index in [-0.39, 0.29) is 40.7 Å². The van der Waals surface area contributed by atoms with Crippen LogP contribution in [0.5, 0.6) is 5.75 Å². The van der Waals surface area contributed by atoms with Gasteiger partial charge >= 0.3 is 12.8 Å². The zero-order valence-corrected chi connectivity index (χ0v) is 24.6. The summed E-state index contributed by atoms with van der Waals surface area (Å²) in [7, 11) is 1.83. The van der Waals surface area contributed by atoms with Crippen molar-refractivity contribution in [2.45, 2.75) is 37.8 Å². The Bertz CT molecular complexity index is 1520. The van der Waals surface area contributed by atoms with Crippen LogP contribution in [0.15, 0.2) is 30.3 Å². The summed E-state index contributed by atoms with van der Waals surface area (Å²) in [6.45, 7) is -0.945. The largest absolute Gasteiger partial charge is 0.433 e. The monoisotopic (exact) mass is 644 g/mol. The van der Waals surface area contributed by atoms with Crippen molar-refractivity contribution in [1.82, 2.24) is 4.90 Å². The van der Waals surface area contributed by atoms with Crippen LogP contribution in [0, 0.1) is 17.7 Å². The molecular weight excluding hydrogens is 613 g/mol. The normalized spacial score (nSPS) is 19.6. The zero-order chi connectivity index (χ0) is 31.4. The molecule has 3 heterocycles. The Labute approximate surface area is 254 Å². The minimum Gasteiger partial charge on any atom is -0.433 e. The summed E-state index contributed by atoms with van der Waals surface area (Å²) < 4.78 is 107. The van der Waals surface area contributed by atoms with Crippen molar-refractivity contribution in [3.05, 3.63) is 46.6 Å². The van der Waals surface area contributed by atoms with Crippen molar-refractivity contribution in [2.75, 3.05) is 68.5 Å². The fraction of sp³-hybridized carbons (Fsp3) is 0.467. The van der Waals surface area contributed by atoms with Crippen LogP contribution in [0.1, 0.15) is 16.9 Å². The molecule has 238 valence electrons. The van der Waals surface area contributed by atoms with Gasteiger partial charge in [-0.1, -0.05) is 24.0 Å². The van der Waals surface area contributed by atoms with Crippen molar-refractivity contribution < 1.29 is 40.2 Å². The van der Waals surface area contributed by atoms with Crippen LogP contribution in [0.3, 0.4) is 0 Å². The van der Waals surface area contributed by atoms with E-state index in [9.17, 15) is 30.7 Å². The zero-order valence-electron chi connectivity index (χ0n) is 23.7. The van der Waals surface area contributed by atoms with Crippen LogP contribution in [0.2, 0.25) is 0 Å². The molecule has 3 aromatic rings. The third-order valence-electron chi connectivity index (χ3n) is 7.47. The number of piperidine rings is 1. The average molecular weight is 645 g/mol. The van der Waals surface area contributed by atoms with Crippen LogP contribution in [0.25, 0.3) is 10.1 Å². The number of fused-ring (bicyclic) bond motifs is 1. The van der Waals surface area contributed by atoms with Gasteiger partial charge in [-0.25, -0.2) is 8.78 Å². The second-order valence-electron chi connectivity index (χ2n) is 10.6. The number of nitrogens with zero attached hydrogens (tertiary/aromatic N) is 2. The van der Waals surface area contributed by atoms with Crippen LogP contribution in [-0.4, -0.2) is 82.9 Å².